The third-order valence-corrected chi connectivity index (χ3v) is 13.8. The number of hydrogen-bond donors (Lipinski definition) is 0. The molecule has 8 nitrogen and oxygen atoms in total. The Kier molecular flexibility index (Phi) is 24.4. The van der Waals surface area contributed by atoms with Gasteiger partial charge < -0.3 is 28.4 Å². The van der Waals surface area contributed by atoms with E-state index in [1.807, 2.05) is 12.4 Å². The fourth-order valence-corrected chi connectivity index (χ4v) is 10.4. The molecular weight excluding hydrogens is 845 g/mol. The number of fused-ring (bicyclic) bond motifs is 2. The summed E-state index contributed by atoms with van der Waals surface area (Å²) >= 11 is 0. The Labute approximate surface area is 413 Å². The molecule has 0 heterocycles. The molecule has 0 aliphatic rings. The van der Waals surface area contributed by atoms with Gasteiger partial charge in [-0.05, 0) is 60.4 Å². The van der Waals surface area contributed by atoms with Crippen molar-refractivity contribution in [3.8, 4) is 45.6 Å². The molecule has 0 amide bonds. The smallest absolute Gasteiger partial charge is 0.170 e. The van der Waals surface area contributed by atoms with E-state index in [0.717, 1.165) is 115 Å². The van der Waals surface area contributed by atoms with Gasteiger partial charge >= 0.3 is 0 Å². The van der Waals surface area contributed by atoms with Gasteiger partial charge in [0, 0.05) is 69.7 Å². The average Bonchev–Trinajstić information content (AvgIpc) is 3.32. The van der Waals surface area contributed by atoms with E-state index >= 15 is 0 Å². The number of unbranched alkanes of at least 4 members (excludes halogenated alkanes) is 18. The molecule has 68 heavy (non-hydrogen) atoms. The summed E-state index contributed by atoms with van der Waals surface area (Å²) in [7, 11) is 10.4. The first-order valence-electron chi connectivity index (χ1n) is 26.6. The molecule has 378 valence electrons. The van der Waals surface area contributed by atoms with Crippen LogP contribution < -0.4 is 28.4 Å². The summed E-state index contributed by atoms with van der Waals surface area (Å²) in [5.41, 5.74) is 7.85. The van der Waals surface area contributed by atoms with Crippen molar-refractivity contribution in [1.29, 1.82) is 0 Å². The summed E-state index contributed by atoms with van der Waals surface area (Å²) in [5.74, 6) is 4.51. The zero-order valence-corrected chi connectivity index (χ0v) is 45.4. The first kappa shape index (κ1) is 56.1. The lowest BCUT2D eigenvalue weighted by Crippen LogP contribution is -2.08. The minimum absolute atomic E-state index is 0.130. The van der Waals surface area contributed by atoms with Crippen LogP contribution in [0.4, 0.5) is 0 Å². The van der Waals surface area contributed by atoms with Gasteiger partial charge in [-0.25, -0.2) is 0 Å². The van der Waals surface area contributed by atoms with Crippen molar-refractivity contribution in [2.24, 2.45) is 9.98 Å². The van der Waals surface area contributed by atoms with Crippen molar-refractivity contribution in [2.45, 2.75) is 196 Å². The second kappa shape index (κ2) is 29.5. The van der Waals surface area contributed by atoms with Crippen molar-refractivity contribution >= 4 is 34.0 Å². The monoisotopic (exact) mass is 937 g/mol. The van der Waals surface area contributed by atoms with Crippen LogP contribution in [0.1, 0.15) is 215 Å². The van der Waals surface area contributed by atoms with Crippen LogP contribution in [0.15, 0.2) is 22.1 Å². The normalized spacial score (nSPS) is 11.9. The number of benzene rings is 4. The molecule has 4 rings (SSSR count). The molecule has 0 atom stereocenters. The van der Waals surface area contributed by atoms with Crippen molar-refractivity contribution in [3.05, 3.63) is 45.5 Å². The summed E-state index contributed by atoms with van der Waals surface area (Å²) in [5, 5.41) is 4.00. The summed E-state index contributed by atoms with van der Waals surface area (Å²) in [4.78, 5) is 10.1. The molecular formula is C60H92N2O6. The van der Waals surface area contributed by atoms with E-state index in [4.69, 9.17) is 38.4 Å². The minimum atomic E-state index is 0.130. The van der Waals surface area contributed by atoms with Gasteiger partial charge in [0.25, 0.3) is 0 Å². The molecule has 0 saturated heterocycles. The maximum absolute atomic E-state index is 6.66. The van der Waals surface area contributed by atoms with Crippen LogP contribution in [-0.2, 0) is 0 Å². The fourth-order valence-electron chi connectivity index (χ4n) is 10.4. The number of hydrogen-bond acceptors (Lipinski definition) is 8. The fraction of sp³-hybridized carbons (Fsp3) is 0.633. The standard InChI is InChI=1S/C60H92N2O6/c1-15-17-19-21-23-25-27-29-31-33-35-61-39-47-53-45(49(41(3)4)59(67-13)55(47)63-9)37-43(7)51(57(53)65-11)52-44(8)38-46-50(42(5)6)60(68-14)56(64-10)48(54(46)58(52)66-12)40-62-36-34-32-30-28-26-24-22-20-18-16-2/h37-42H,15-36H2,1-14H3. The van der Waals surface area contributed by atoms with Gasteiger partial charge in [-0.2, -0.15) is 0 Å². The average molecular weight is 937 g/mol. The molecule has 0 N–H and O–H groups in total. The van der Waals surface area contributed by atoms with Gasteiger partial charge in [-0.15, -0.1) is 0 Å². The Morgan fingerprint density at radius 3 is 0.941 bits per heavy atom. The number of rotatable bonds is 33. The molecule has 8 heteroatoms. The number of aryl methyl sites for hydroxylation is 2. The highest BCUT2D eigenvalue weighted by molar-refractivity contribution is 6.15. The van der Waals surface area contributed by atoms with Crippen molar-refractivity contribution in [1.82, 2.24) is 0 Å². The van der Waals surface area contributed by atoms with Gasteiger partial charge in [0.1, 0.15) is 11.5 Å². The summed E-state index contributed by atoms with van der Waals surface area (Å²) in [6.45, 7) is 19.2. The van der Waals surface area contributed by atoms with Gasteiger partial charge in [0.2, 0.25) is 0 Å². The predicted molar refractivity (Wildman–Crippen MR) is 292 cm³/mol. The quantitative estimate of drug-likeness (QED) is 0.0350. The molecule has 4 aromatic carbocycles. The number of methoxy groups -OCH3 is 6. The lowest BCUT2D eigenvalue weighted by molar-refractivity contribution is 0.351. The van der Waals surface area contributed by atoms with E-state index in [2.05, 4.69) is 67.5 Å². The Balaban J connectivity index is 1.90. The topological polar surface area (TPSA) is 80.1 Å². The van der Waals surface area contributed by atoms with E-state index in [1.165, 1.54) is 116 Å². The van der Waals surface area contributed by atoms with E-state index in [0.29, 0.717) is 11.5 Å². The third-order valence-electron chi connectivity index (χ3n) is 13.8. The molecule has 0 bridgehead atoms. The lowest BCUT2D eigenvalue weighted by atomic mass is 9.83. The van der Waals surface area contributed by atoms with Crippen LogP contribution in [0.25, 0.3) is 32.7 Å². The molecule has 0 fully saturated rings. The van der Waals surface area contributed by atoms with E-state index in [-0.39, 0.29) is 11.8 Å². The highest BCUT2D eigenvalue weighted by atomic mass is 16.5. The SMILES string of the molecule is CCCCCCCCCCCCN=Cc1c(OC)c(OC)c(C(C)C)c2cc(C)c(-c3c(C)cc4c(C(C)C)c(OC)c(OC)c(C=NCCCCCCCCCCCC)c4c3OC)c(OC)c12. The van der Waals surface area contributed by atoms with Crippen LogP contribution in [0, 0.1) is 13.8 Å². The summed E-state index contributed by atoms with van der Waals surface area (Å²) in [6.07, 6.45) is 29.6. The first-order chi connectivity index (χ1) is 33.0. The predicted octanol–water partition coefficient (Wildman–Crippen LogP) is 17.3. The van der Waals surface area contributed by atoms with Gasteiger partial charge in [0.15, 0.2) is 23.0 Å². The molecule has 4 aromatic rings. The first-order valence-corrected chi connectivity index (χ1v) is 26.6. The summed E-state index contributed by atoms with van der Waals surface area (Å²) in [6, 6.07) is 4.58. The Bertz CT molecular complexity index is 2080. The Morgan fingerprint density at radius 1 is 0.397 bits per heavy atom. The van der Waals surface area contributed by atoms with Gasteiger partial charge in [0.05, 0.1) is 42.7 Å². The van der Waals surface area contributed by atoms with Crippen molar-refractivity contribution < 1.29 is 28.4 Å². The number of ether oxygens (including phenoxy) is 6. The van der Waals surface area contributed by atoms with Gasteiger partial charge in [-0.1, -0.05) is 169 Å². The second-order valence-electron chi connectivity index (χ2n) is 19.6. The lowest BCUT2D eigenvalue weighted by Gasteiger charge is -2.27. The number of aliphatic imine (C=N–C) groups is 2. The summed E-state index contributed by atoms with van der Waals surface area (Å²) < 4.78 is 38.3. The van der Waals surface area contributed by atoms with Crippen LogP contribution in [0.3, 0.4) is 0 Å². The molecule has 0 aliphatic heterocycles. The zero-order chi connectivity index (χ0) is 49.6. The van der Waals surface area contributed by atoms with Crippen LogP contribution >= 0.6 is 0 Å². The molecule has 0 aromatic heterocycles. The van der Waals surface area contributed by atoms with Gasteiger partial charge in [-0.3, -0.25) is 9.98 Å². The van der Waals surface area contributed by atoms with Crippen molar-refractivity contribution in [3.63, 3.8) is 0 Å². The second-order valence-corrected chi connectivity index (χ2v) is 19.6. The highest BCUT2D eigenvalue weighted by Crippen LogP contribution is 2.55. The molecule has 0 spiro atoms. The zero-order valence-electron chi connectivity index (χ0n) is 45.4. The molecule has 0 saturated carbocycles. The van der Waals surface area contributed by atoms with Crippen LogP contribution in [-0.4, -0.2) is 68.2 Å². The van der Waals surface area contributed by atoms with E-state index < -0.39 is 0 Å². The largest absolute Gasteiger partial charge is 0.495 e. The maximum Gasteiger partial charge on any atom is 0.170 e. The molecule has 0 aliphatic carbocycles. The maximum atomic E-state index is 6.66. The van der Waals surface area contributed by atoms with Crippen LogP contribution in [0.5, 0.6) is 34.5 Å². The van der Waals surface area contributed by atoms with Crippen molar-refractivity contribution in [2.75, 3.05) is 55.7 Å². The van der Waals surface area contributed by atoms with E-state index in [9.17, 15) is 0 Å². The van der Waals surface area contributed by atoms with Crippen LogP contribution in [0.2, 0.25) is 0 Å². The Hall–Kier alpha value is -4.46. The molecule has 0 unspecified atom stereocenters. The number of nitrogens with zero attached hydrogens (tertiary/aromatic N) is 2. The minimum Gasteiger partial charge on any atom is -0.495 e. The highest BCUT2D eigenvalue weighted by Gasteiger charge is 2.31. The Morgan fingerprint density at radius 2 is 0.676 bits per heavy atom. The molecule has 0 radical (unpaired) electrons. The van der Waals surface area contributed by atoms with E-state index in [1.54, 1.807) is 42.7 Å². The third kappa shape index (κ3) is 13.9.